The van der Waals surface area contributed by atoms with Gasteiger partial charge in [-0.25, -0.2) is 17.9 Å². The first-order valence-corrected chi connectivity index (χ1v) is 7.96. The van der Waals surface area contributed by atoms with Crippen molar-refractivity contribution in [2.45, 2.75) is 11.8 Å². The molecule has 0 radical (unpaired) electrons. The van der Waals surface area contributed by atoms with Crippen LogP contribution in [0.4, 0.5) is 4.79 Å². The summed E-state index contributed by atoms with van der Waals surface area (Å²) < 4.78 is 26.7. The van der Waals surface area contributed by atoms with Crippen LogP contribution in [0.25, 0.3) is 0 Å². The quantitative estimate of drug-likeness (QED) is 0.909. The molecule has 1 aromatic heterocycles. The van der Waals surface area contributed by atoms with Crippen LogP contribution in [0.2, 0.25) is 4.34 Å². The summed E-state index contributed by atoms with van der Waals surface area (Å²) in [5.74, 6) is 0. The molecule has 9 heteroatoms. The molecule has 0 spiro atoms. The molecule has 106 valence electrons. The Morgan fingerprint density at radius 3 is 2.55 bits per heavy atom. The summed E-state index contributed by atoms with van der Waals surface area (Å²) in [6.07, 6.45) is 0. The van der Waals surface area contributed by atoms with E-state index in [0.717, 1.165) is 6.07 Å². The van der Waals surface area contributed by atoms with Crippen molar-refractivity contribution in [3.63, 3.8) is 0 Å². The predicted molar refractivity (Wildman–Crippen MR) is 75.9 cm³/mol. The Balaban J connectivity index is 2.34. The van der Waals surface area contributed by atoms with E-state index < -0.39 is 21.6 Å². The normalized spacial score (nSPS) is 11.3. The summed E-state index contributed by atoms with van der Waals surface area (Å²) in [6.45, 7) is 1.60. The minimum atomic E-state index is -4.04. The van der Waals surface area contributed by atoms with Gasteiger partial charge in [0.15, 0.2) is 0 Å². The van der Waals surface area contributed by atoms with Gasteiger partial charge in [-0.1, -0.05) is 29.8 Å². The third-order valence-corrected chi connectivity index (χ3v) is 5.02. The van der Waals surface area contributed by atoms with Gasteiger partial charge in [-0.05, 0) is 30.1 Å². The van der Waals surface area contributed by atoms with Gasteiger partial charge in [0.25, 0.3) is 15.6 Å². The second-order valence-electron chi connectivity index (χ2n) is 3.85. The Morgan fingerprint density at radius 1 is 1.35 bits per heavy atom. The van der Waals surface area contributed by atoms with Gasteiger partial charge in [-0.2, -0.15) is 3.96 Å². The molecular formula is C11H9ClN2O4S2. The van der Waals surface area contributed by atoms with Crippen LogP contribution >= 0.6 is 23.1 Å². The smallest absolute Gasteiger partial charge is 0.268 e. The molecule has 1 amide bonds. The molecule has 1 N–H and O–H groups in total. The Labute approximate surface area is 123 Å². The third kappa shape index (κ3) is 2.92. The number of benzene rings is 1. The maximum absolute atomic E-state index is 12.1. The summed E-state index contributed by atoms with van der Waals surface area (Å²) in [6, 6.07) is 6.17. The number of hydrogen-bond donors (Lipinski definition) is 1. The summed E-state index contributed by atoms with van der Waals surface area (Å²) in [5.41, 5.74) is -0.193. The summed E-state index contributed by atoms with van der Waals surface area (Å²) in [5, 5.41) is 0. The van der Waals surface area contributed by atoms with Crippen molar-refractivity contribution in [1.82, 2.24) is 8.68 Å². The highest BCUT2D eigenvalue weighted by Gasteiger charge is 2.21. The number of halogens is 1. The summed E-state index contributed by atoms with van der Waals surface area (Å²) in [4.78, 5) is 23.2. The number of sulfonamides is 1. The van der Waals surface area contributed by atoms with Gasteiger partial charge in [-0.15, -0.1) is 0 Å². The molecule has 0 saturated carbocycles. The van der Waals surface area contributed by atoms with Gasteiger partial charge in [0.05, 0.1) is 4.90 Å². The highest BCUT2D eigenvalue weighted by atomic mass is 35.5. The first kappa shape index (κ1) is 14.8. The van der Waals surface area contributed by atoms with Crippen LogP contribution in [-0.2, 0) is 10.0 Å². The first-order chi connectivity index (χ1) is 9.31. The molecule has 0 aliphatic heterocycles. The Hall–Kier alpha value is -1.64. The molecule has 2 aromatic rings. The molecule has 0 atom stereocenters. The zero-order valence-corrected chi connectivity index (χ0v) is 12.6. The monoisotopic (exact) mass is 332 g/mol. The van der Waals surface area contributed by atoms with Gasteiger partial charge in [-0.3, -0.25) is 4.79 Å². The highest BCUT2D eigenvalue weighted by molar-refractivity contribution is 7.90. The number of aryl methyl sites for hydroxylation is 1. The zero-order chi connectivity index (χ0) is 14.9. The zero-order valence-electron chi connectivity index (χ0n) is 10.2. The number of rotatable bonds is 2. The van der Waals surface area contributed by atoms with Crippen LogP contribution < -0.4 is 10.3 Å². The number of amides is 1. The average molecular weight is 333 g/mol. The fraction of sp³-hybridized carbons (Fsp3) is 0.0909. The van der Waals surface area contributed by atoms with Crippen LogP contribution in [0, 0.1) is 6.92 Å². The first-order valence-electron chi connectivity index (χ1n) is 5.33. The lowest BCUT2D eigenvalue weighted by Crippen LogP contribution is -2.37. The second kappa shape index (κ2) is 5.39. The van der Waals surface area contributed by atoms with E-state index in [4.69, 9.17) is 11.6 Å². The van der Waals surface area contributed by atoms with E-state index in [-0.39, 0.29) is 9.23 Å². The minimum absolute atomic E-state index is 0.0240. The van der Waals surface area contributed by atoms with Gasteiger partial charge < -0.3 is 0 Å². The second-order valence-corrected chi connectivity index (χ2v) is 7.12. The topological polar surface area (TPSA) is 85.2 Å². The number of hydrogen-bond acceptors (Lipinski definition) is 5. The van der Waals surface area contributed by atoms with E-state index in [1.54, 1.807) is 25.1 Å². The molecule has 0 bridgehead atoms. The van der Waals surface area contributed by atoms with E-state index in [1.807, 2.05) is 4.72 Å². The lowest BCUT2D eigenvalue weighted by Gasteiger charge is -2.08. The van der Waals surface area contributed by atoms with Crippen molar-refractivity contribution < 1.29 is 13.2 Å². The van der Waals surface area contributed by atoms with Gasteiger partial charge in [0.1, 0.15) is 4.34 Å². The molecule has 2 rings (SSSR count). The van der Waals surface area contributed by atoms with Gasteiger partial charge >= 0.3 is 6.03 Å². The SMILES string of the molecule is Cc1ccccc1S(=O)(=O)NC(=O)n1sc(Cl)cc1=O. The number of nitrogens with zero attached hydrogens (tertiary/aromatic N) is 1. The van der Waals surface area contributed by atoms with Gasteiger partial charge in [0.2, 0.25) is 0 Å². The molecule has 1 heterocycles. The molecule has 0 aliphatic carbocycles. The summed E-state index contributed by atoms with van der Waals surface area (Å²) >= 11 is 6.25. The summed E-state index contributed by atoms with van der Waals surface area (Å²) in [7, 11) is -4.04. The fourth-order valence-corrected chi connectivity index (χ4v) is 3.66. The van der Waals surface area contributed by atoms with Crippen LogP contribution in [0.1, 0.15) is 5.56 Å². The van der Waals surface area contributed by atoms with Crippen LogP contribution in [-0.4, -0.2) is 18.4 Å². The van der Waals surface area contributed by atoms with Crippen molar-refractivity contribution >= 4 is 39.2 Å². The average Bonchev–Trinajstić information content (AvgIpc) is 2.68. The largest absolute Gasteiger partial charge is 0.352 e. The van der Waals surface area contributed by atoms with Crippen LogP contribution in [0.15, 0.2) is 40.0 Å². The predicted octanol–water partition coefficient (Wildman–Crippen LogP) is 1.82. The Kier molecular flexibility index (Phi) is 3.98. The number of aromatic nitrogens is 1. The van der Waals surface area contributed by atoms with Crippen molar-refractivity contribution in [3.05, 3.63) is 50.6 Å². The molecule has 0 saturated heterocycles. The number of carbonyl (C=O) groups excluding carboxylic acids is 1. The van der Waals surface area contributed by atoms with Crippen molar-refractivity contribution in [2.24, 2.45) is 0 Å². The molecule has 0 unspecified atom stereocenters. The van der Waals surface area contributed by atoms with Crippen molar-refractivity contribution in [3.8, 4) is 0 Å². The standard InChI is InChI=1S/C11H9ClN2O4S2/c1-7-4-2-3-5-8(7)20(17,18)13-11(16)14-10(15)6-9(12)19-14/h2-6H,1H3,(H,13,16). The molecule has 20 heavy (non-hydrogen) atoms. The minimum Gasteiger partial charge on any atom is -0.268 e. The molecule has 0 fully saturated rings. The van der Waals surface area contributed by atoms with E-state index in [1.165, 1.54) is 6.07 Å². The molecule has 0 aliphatic rings. The molecular weight excluding hydrogens is 324 g/mol. The lowest BCUT2D eigenvalue weighted by atomic mass is 10.2. The van der Waals surface area contributed by atoms with E-state index in [9.17, 15) is 18.0 Å². The third-order valence-electron chi connectivity index (χ3n) is 2.40. The van der Waals surface area contributed by atoms with Crippen LogP contribution in [0.5, 0.6) is 0 Å². The maximum Gasteiger partial charge on any atom is 0.352 e. The van der Waals surface area contributed by atoms with Crippen molar-refractivity contribution in [1.29, 1.82) is 0 Å². The molecule has 1 aromatic carbocycles. The van der Waals surface area contributed by atoms with Crippen molar-refractivity contribution in [2.75, 3.05) is 0 Å². The Bertz CT molecular complexity index is 823. The Morgan fingerprint density at radius 2 is 2.00 bits per heavy atom. The van der Waals surface area contributed by atoms with E-state index in [2.05, 4.69) is 0 Å². The van der Waals surface area contributed by atoms with Gasteiger partial charge in [0, 0.05) is 6.07 Å². The fourth-order valence-electron chi connectivity index (χ4n) is 1.53. The highest BCUT2D eigenvalue weighted by Crippen LogP contribution is 2.15. The van der Waals surface area contributed by atoms with Crippen LogP contribution in [0.3, 0.4) is 0 Å². The molecule has 6 nitrogen and oxygen atoms in total. The van der Waals surface area contributed by atoms with E-state index in [0.29, 0.717) is 21.1 Å². The number of carbonyl (C=O) groups is 1. The lowest BCUT2D eigenvalue weighted by molar-refractivity contribution is 0.248. The maximum atomic E-state index is 12.1. The number of nitrogens with one attached hydrogen (secondary N) is 1. The van der Waals surface area contributed by atoms with E-state index >= 15 is 0 Å².